The van der Waals surface area contributed by atoms with Gasteiger partial charge in [0.1, 0.15) is 0 Å². The molecule has 7 nitrogen and oxygen atoms in total. The lowest BCUT2D eigenvalue weighted by Crippen LogP contribution is -2.53. The fourth-order valence-electron chi connectivity index (χ4n) is 3.98. The minimum atomic E-state index is 0.0257. The van der Waals surface area contributed by atoms with Crippen LogP contribution in [0, 0.1) is 11.8 Å². The molecule has 2 aliphatic rings. The highest BCUT2D eigenvalue weighted by atomic mass is 16.2. The number of aromatic nitrogens is 2. The van der Waals surface area contributed by atoms with Gasteiger partial charge in [0.2, 0.25) is 5.91 Å². The molecule has 2 fully saturated rings. The highest BCUT2D eigenvalue weighted by Gasteiger charge is 2.28. The van der Waals surface area contributed by atoms with Crippen LogP contribution in [0.4, 0.5) is 0 Å². The maximum absolute atomic E-state index is 12.6. The summed E-state index contributed by atoms with van der Waals surface area (Å²) < 4.78 is 1.64. The predicted octanol–water partition coefficient (Wildman–Crippen LogP) is 0.682. The third kappa shape index (κ3) is 4.39. The van der Waals surface area contributed by atoms with Crippen LogP contribution in [0.3, 0.4) is 0 Å². The second kappa shape index (κ2) is 7.56. The van der Waals surface area contributed by atoms with Crippen LogP contribution >= 0.6 is 0 Å². The molecule has 0 radical (unpaired) electrons. The average Bonchev–Trinajstić information content (AvgIpc) is 3.00. The largest absolute Gasteiger partial charge is 0.341 e. The number of rotatable bonds is 3. The van der Waals surface area contributed by atoms with Gasteiger partial charge < -0.3 is 9.80 Å². The predicted molar refractivity (Wildman–Crippen MR) is 95.1 cm³/mol. The topological polar surface area (TPSA) is 61.7 Å². The van der Waals surface area contributed by atoms with Gasteiger partial charge >= 0.3 is 0 Å². The number of piperazine rings is 1. The van der Waals surface area contributed by atoms with Crippen molar-refractivity contribution in [1.29, 1.82) is 0 Å². The molecule has 2 aliphatic heterocycles. The summed E-state index contributed by atoms with van der Waals surface area (Å²) >= 11 is 0. The first-order valence-corrected chi connectivity index (χ1v) is 9.20. The molecular weight excluding hydrogens is 318 g/mol. The zero-order valence-corrected chi connectivity index (χ0v) is 15.5. The van der Waals surface area contributed by atoms with Gasteiger partial charge in [0, 0.05) is 52.5 Å². The van der Waals surface area contributed by atoms with Gasteiger partial charge in [-0.1, -0.05) is 13.8 Å². The number of hydrogen-bond acceptors (Lipinski definition) is 4. The van der Waals surface area contributed by atoms with Crippen molar-refractivity contribution in [3.05, 3.63) is 18.0 Å². The van der Waals surface area contributed by atoms with Gasteiger partial charge in [-0.15, -0.1) is 0 Å². The molecule has 0 bridgehead atoms. The Labute approximate surface area is 149 Å². The summed E-state index contributed by atoms with van der Waals surface area (Å²) in [6.07, 6.45) is 4.56. The number of piperidine rings is 1. The Balaban J connectivity index is 1.47. The lowest BCUT2D eigenvalue weighted by atomic mass is 9.92. The van der Waals surface area contributed by atoms with Gasteiger partial charge in [-0.25, -0.2) is 0 Å². The SMILES string of the molecule is C[C@@H]1C[C@H](C)CN(C(=O)CN2CCN(C(=O)c3cnn(C)c3)CC2)C1. The number of carbonyl (C=O) groups excluding carboxylic acids is 2. The van der Waals surface area contributed by atoms with Crippen LogP contribution < -0.4 is 0 Å². The quantitative estimate of drug-likeness (QED) is 0.807. The molecule has 2 amide bonds. The van der Waals surface area contributed by atoms with Crippen molar-refractivity contribution in [2.45, 2.75) is 20.3 Å². The lowest BCUT2D eigenvalue weighted by Gasteiger charge is -2.38. The fourth-order valence-corrected chi connectivity index (χ4v) is 3.98. The zero-order valence-electron chi connectivity index (χ0n) is 15.5. The molecule has 0 unspecified atom stereocenters. The van der Waals surface area contributed by atoms with E-state index in [-0.39, 0.29) is 11.8 Å². The van der Waals surface area contributed by atoms with Gasteiger partial charge in [-0.05, 0) is 18.3 Å². The molecule has 138 valence electrons. The van der Waals surface area contributed by atoms with Gasteiger partial charge in [0.05, 0.1) is 18.3 Å². The van der Waals surface area contributed by atoms with E-state index < -0.39 is 0 Å². The molecule has 1 aromatic heterocycles. The van der Waals surface area contributed by atoms with Crippen LogP contribution in [0.2, 0.25) is 0 Å². The Bertz CT molecular complexity index is 611. The number of carbonyl (C=O) groups is 2. The molecular formula is C18H29N5O2. The van der Waals surface area contributed by atoms with E-state index in [1.54, 1.807) is 17.1 Å². The Hall–Kier alpha value is -1.89. The smallest absolute Gasteiger partial charge is 0.257 e. The Kier molecular flexibility index (Phi) is 5.42. The number of likely N-dealkylation sites (tertiary alicyclic amines) is 1. The van der Waals surface area contributed by atoms with Gasteiger partial charge in [-0.3, -0.25) is 19.2 Å². The molecule has 25 heavy (non-hydrogen) atoms. The van der Waals surface area contributed by atoms with Crippen LogP contribution in [-0.4, -0.2) is 82.1 Å². The van der Waals surface area contributed by atoms with Crippen molar-refractivity contribution < 1.29 is 9.59 Å². The average molecular weight is 347 g/mol. The molecule has 1 aromatic rings. The number of hydrogen-bond donors (Lipinski definition) is 0. The van der Waals surface area contributed by atoms with E-state index >= 15 is 0 Å². The van der Waals surface area contributed by atoms with E-state index in [4.69, 9.17) is 0 Å². The third-order valence-electron chi connectivity index (χ3n) is 5.19. The lowest BCUT2D eigenvalue weighted by molar-refractivity contribution is -0.135. The zero-order chi connectivity index (χ0) is 18.0. The summed E-state index contributed by atoms with van der Waals surface area (Å²) in [6, 6.07) is 0. The van der Waals surface area contributed by atoms with Crippen molar-refractivity contribution in [3.63, 3.8) is 0 Å². The molecule has 0 N–H and O–H groups in total. The normalized spacial score (nSPS) is 25.2. The van der Waals surface area contributed by atoms with E-state index in [1.807, 2.05) is 16.8 Å². The second-order valence-electron chi connectivity index (χ2n) is 7.72. The van der Waals surface area contributed by atoms with Crippen LogP contribution in [-0.2, 0) is 11.8 Å². The molecule has 7 heteroatoms. The highest BCUT2D eigenvalue weighted by molar-refractivity contribution is 5.93. The summed E-state index contributed by atoms with van der Waals surface area (Å²) in [5.41, 5.74) is 0.628. The molecule has 0 saturated carbocycles. The van der Waals surface area contributed by atoms with Gasteiger partial charge in [0.25, 0.3) is 5.91 Å². The minimum Gasteiger partial charge on any atom is -0.341 e. The third-order valence-corrected chi connectivity index (χ3v) is 5.19. The van der Waals surface area contributed by atoms with Crippen molar-refractivity contribution >= 4 is 11.8 Å². The van der Waals surface area contributed by atoms with Crippen LogP contribution in [0.1, 0.15) is 30.6 Å². The molecule has 2 saturated heterocycles. The monoisotopic (exact) mass is 347 g/mol. The van der Waals surface area contributed by atoms with Crippen molar-refractivity contribution in [2.75, 3.05) is 45.8 Å². The summed E-state index contributed by atoms with van der Waals surface area (Å²) in [5, 5.41) is 4.06. The minimum absolute atomic E-state index is 0.0257. The maximum Gasteiger partial charge on any atom is 0.257 e. The summed E-state index contributed by atoms with van der Waals surface area (Å²) in [5.74, 6) is 1.42. The Morgan fingerprint density at radius 1 is 1.08 bits per heavy atom. The molecule has 3 heterocycles. The molecule has 0 aromatic carbocycles. The first-order chi connectivity index (χ1) is 11.9. The molecule has 0 aliphatic carbocycles. The standard InChI is InChI=1S/C18H29N5O2/c1-14-8-15(2)11-23(10-14)17(24)13-21-4-6-22(7-5-21)18(25)16-9-19-20(3)12-16/h9,12,14-15H,4-8,10-11,13H2,1-3H3/t14-,15+. The molecule has 3 rings (SSSR count). The van der Waals surface area contributed by atoms with E-state index in [0.29, 0.717) is 37.0 Å². The first kappa shape index (κ1) is 17.9. The van der Waals surface area contributed by atoms with Crippen LogP contribution in [0.5, 0.6) is 0 Å². The first-order valence-electron chi connectivity index (χ1n) is 9.20. The maximum atomic E-state index is 12.6. The van der Waals surface area contributed by atoms with Crippen molar-refractivity contribution in [1.82, 2.24) is 24.5 Å². The summed E-state index contributed by atoms with van der Waals surface area (Å²) in [6.45, 7) is 9.48. The number of aryl methyl sites for hydroxylation is 1. The highest BCUT2D eigenvalue weighted by Crippen LogP contribution is 2.21. The molecule has 2 atom stereocenters. The Morgan fingerprint density at radius 2 is 1.72 bits per heavy atom. The van der Waals surface area contributed by atoms with Crippen LogP contribution in [0.15, 0.2) is 12.4 Å². The van der Waals surface area contributed by atoms with E-state index in [1.165, 1.54) is 6.42 Å². The number of amides is 2. The van der Waals surface area contributed by atoms with Gasteiger partial charge in [0.15, 0.2) is 0 Å². The van der Waals surface area contributed by atoms with E-state index in [9.17, 15) is 9.59 Å². The summed E-state index contributed by atoms with van der Waals surface area (Å²) in [7, 11) is 1.81. The van der Waals surface area contributed by atoms with Crippen LogP contribution in [0.25, 0.3) is 0 Å². The molecule has 0 spiro atoms. The number of nitrogens with zero attached hydrogens (tertiary/aromatic N) is 5. The van der Waals surface area contributed by atoms with E-state index in [2.05, 4.69) is 23.8 Å². The fraction of sp³-hybridized carbons (Fsp3) is 0.722. The Morgan fingerprint density at radius 3 is 2.28 bits per heavy atom. The summed E-state index contributed by atoms with van der Waals surface area (Å²) in [4.78, 5) is 31.1. The van der Waals surface area contributed by atoms with Gasteiger partial charge in [-0.2, -0.15) is 5.10 Å². The van der Waals surface area contributed by atoms with Crippen molar-refractivity contribution in [2.24, 2.45) is 18.9 Å². The second-order valence-corrected chi connectivity index (χ2v) is 7.72. The van der Waals surface area contributed by atoms with E-state index in [0.717, 1.165) is 26.2 Å². The van der Waals surface area contributed by atoms with Crippen molar-refractivity contribution in [3.8, 4) is 0 Å².